The van der Waals surface area contributed by atoms with Crippen LogP contribution >= 0.6 is 0 Å². The van der Waals surface area contributed by atoms with E-state index < -0.39 is 11.4 Å². The van der Waals surface area contributed by atoms with Crippen LogP contribution in [-0.2, 0) is 9.53 Å². The number of ether oxygens (including phenoxy) is 1. The number of aliphatic carboxylic acids is 1. The molecule has 1 N–H and O–H groups in total. The Morgan fingerprint density at radius 1 is 1.43 bits per heavy atom. The zero-order valence-electron chi connectivity index (χ0n) is 8.66. The summed E-state index contributed by atoms with van der Waals surface area (Å²) in [6.07, 6.45) is 5.11. The van der Waals surface area contributed by atoms with Gasteiger partial charge in [0.1, 0.15) is 0 Å². The summed E-state index contributed by atoms with van der Waals surface area (Å²) < 4.78 is 5.46. The Labute approximate surface area is 84.4 Å². The van der Waals surface area contributed by atoms with Crippen LogP contribution in [0.25, 0.3) is 0 Å². The molecule has 0 radical (unpaired) electrons. The largest absolute Gasteiger partial charge is 0.481 e. The average molecular weight is 198 g/mol. The summed E-state index contributed by atoms with van der Waals surface area (Å²) in [5, 5.41) is 9.41. The van der Waals surface area contributed by atoms with Gasteiger partial charge in [-0.3, -0.25) is 4.79 Å². The SMILES string of the molecule is CC1OCCC1(C(=O)O)C1CCCC1. The molecule has 14 heavy (non-hydrogen) atoms. The molecule has 2 fully saturated rings. The lowest BCUT2D eigenvalue weighted by Gasteiger charge is -2.33. The number of hydrogen-bond acceptors (Lipinski definition) is 2. The summed E-state index contributed by atoms with van der Waals surface area (Å²) in [7, 11) is 0. The van der Waals surface area contributed by atoms with Crippen LogP contribution in [0.5, 0.6) is 0 Å². The van der Waals surface area contributed by atoms with Crippen molar-refractivity contribution in [3.05, 3.63) is 0 Å². The Balaban J connectivity index is 2.25. The molecule has 3 nitrogen and oxygen atoms in total. The van der Waals surface area contributed by atoms with Gasteiger partial charge >= 0.3 is 5.97 Å². The van der Waals surface area contributed by atoms with Crippen molar-refractivity contribution in [2.24, 2.45) is 11.3 Å². The van der Waals surface area contributed by atoms with Crippen molar-refractivity contribution in [2.75, 3.05) is 6.61 Å². The van der Waals surface area contributed by atoms with Crippen molar-refractivity contribution in [3.8, 4) is 0 Å². The molecule has 2 atom stereocenters. The molecule has 1 heterocycles. The summed E-state index contributed by atoms with van der Waals surface area (Å²) in [5.74, 6) is -0.299. The third-order valence-electron chi connectivity index (χ3n) is 4.09. The first kappa shape index (κ1) is 9.97. The van der Waals surface area contributed by atoms with E-state index >= 15 is 0 Å². The first-order valence-electron chi connectivity index (χ1n) is 5.53. The maximum Gasteiger partial charge on any atom is 0.312 e. The monoisotopic (exact) mass is 198 g/mol. The average Bonchev–Trinajstić information content (AvgIpc) is 2.72. The Bertz CT molecular complexity index is 233. The Hall–Kier alpha value is -0.570. The second kappa shape index (κ2) is 3.54. The van der Waals surface area contributed by atoms with E-state index in [1.165, 1.54) is 12.8 Å². The van der Waals surface area contributed by atoms with E-state index in [2.05, 4.69) is 0 Å². The van der Waals surface area contributed by atoms with Crippen LogP contribution in [0.4, 0.5) is 0 Å². The lowest BCUT2D eigenvalue weighted by Crippen LogP contribution is -2.43. The van der Waals surface area contributed by atoms with E-state index in [1.54, 1.807) is 0 Å². The minimum absolute atomic E-state index is 0.108. The molecule has 80 valence electrons. The van der Waals surface area contributed by atoms with Gasteiger partial charge in [-0.1, -0.05) is 12.8 Å². The fraction of sp³-hybridized carbons (Fsp3) is 0.909. The third kappa shape index (κ3) is 1.26. The van der Waals surface area contributed by atoms with Crippen LogP contribution in [0, 0.1) is 11.3 Å². The first-order chi connectivity index (χ1) is 6.68. The standard InChI is InChI=1S/C11H18O3/c1-8-11(10(12)13,6-7-14-8)9-4-2-3-5-9/h8-9H,2-7H2,1H3,(H,12,13). The van der Waals surface area contributed by atoms with Gasteiger partial charge in [0.25, 0.3) is 0 Å². The number of hydrogen-bond donors (Lipinski definition) is 1. The van der Waals surface area contributed by atoms with Crippen LogP contribution in [0.1, 0.15) is 39.0 Å². The minimum Gasteiger partial charge on any atom is -0.481 e. The van der Waals surface area contributed by atoms with Crippen molar-refractivity contribution >= 4 is 5.97 Å². The molecular weight excluding hydrogens is 180 g/mol. The highest BCUT2D eigenvalue weighted by molar-refractivity contribution is 5.76. The normalized spacial score (nSPS) is 39.1. The van der Waals surface area contributed by atoms with E-state index in [4.69, 9.17) is 4.74 Å². The fourth-order valence-electron chi connectivity index (χ4n) is 3.19. The van der Waals surface area contributed by atoms with Gasteiger partial charge in [0.15, 0.2) is 0 Å². The van der Waals surface area contributed by atoms with Crippen LogP contribution in [0.3, 0.4) is 0 Å². The highest BCUT2D eigenvalue weighted by Gasteiger charge is 2.54. The second-order valence-electron chi connectivity index (χ2n) is 4.59. The summed E-state index contributed by atoms with van der Waals surface area (Å²) in [5.41, 5.74) is -0.573. The lowest BCUT2D eigenvalue weighted by atomic mass is 9.70. The summed E-state index contributed by atoms with van der Waals surface area (Å²) in [4.78, 5) is 11.4. The molecule has 0 bridgehead atoms. The summed E-state index contributed by atoms with van der Waals surface area (Å²) >= 11 is 0. The third-order valence-corrected chi connectivity index (χ3v) is 4.09. The minimum atomic E-state index is -0.644. The Morgan fingerprint density at radius 3 is 2.50 bits per heavy atom. The molecule has 1 saturated heterocycles. The fourth-order valence-corrected chi connectivity index (χ4v) is 3.19. The van der Waals surface area contributed by atoms with Gasteiger partial charge in [0.2, 0.25) is 0 Å². The first-order valence-corrected chi connectivity index (χ1v) is 5.53. The number of carboxylic acid groups (broad SMARTS) is 1. The van der Waals surface area contributed by atoms with Crippen molar-refractivity contribution in [2.45, 2.75) is 45.1 Å². The molecule has 3 heteroatoms. The van der Waals surface area contributed by atoms with Crippen molar-refractivity contribution in [3.63, 3.8) is 0 Å². The molecule has 2 rings (SSSR count). The van der Waals surface area contributed by atoms with Crippen LogP contribution in [0.15, 0.2) is 0 Å². The number of carbonyl (C=O) groups is 1. The predicted octanol–water partition coefficient (Wildman–Crippen LogP) is 2.06. The van der Waals surface area contributed by atoms with E-state index in [0.29, 0.717) is 18.9 Å². The van der Waals surface area contributed by atoms with Gasteiger partial charge in [0.05, 0.1) is 11.5 Å². The maximum absolute atomic E-state index is 11.4. The van der Waals surface area contributed by atoms with Crippen molar-refractivity contribution in [1.82, 2.24) is 0 Å². The molecule has 0 spiro atoms. The van der Waals surface area contributed by atoms with Crippen molar-refractivity contribution in [1.29, 1.82) is 0 Å². The van der Waals surface area contributed by atoms with E-state index in [0.717, 1.165) is 12.8 Å². The van der Waals surface area contributed by atoms with Gasteiger partial charge in [-0.15, -0.1) is 0 Å². The zero-order valence-corrected chi connectivity index (χ0v) is 8.66. The molecule has 0 amide bonds. The lowest BCUT2D eigenvalue weighted by molar-refractivity contribution is -0.156. The highest BCUT2D eigenvalue weighted by Crippen LogP contribution is 2.48. The van der Waals surface area contributed by atoms with Gasteiger partial charge in [0, 0.05) is 6.61 Å². The molecule has 1 aliphatic carbocycles. The van der Waals surface area contributed by atoms with E-state index in [1.807, 2.05) is 6.92 Å². The van der Waals surface area contributed by atoms with Gasteiger partial charge < -0.3 is 9.84 Å². The Morgan fingerprint density at radius 2 is 2.07 bits per heavy atom. The number of rotatable bonds is 2. The molecular formula is C11H18O3. The summed E-state index contributed by atoms with van der Waals surface area (Å²) in [6.45, 7) is 2.53. The van der Waals surface area contributed by atoms with Gasteiger partial charge in [-0.25, -0.2) is 0 Å². The zero-order chi connectivity index (χ0) is 10.2. The van der Waals surface area contributed by atoms with Gasteiger partial charge in [-0.05, 0) is 32.1 Å². The predicted molar refractivity (Wildman–Crippen MR) is 52.1 cm³/mol. The second-order valence-corrected chi connectivity index (χ2v) is 4.59. The molecule has 1 aliphatic heterocycles. The van der Waals surface area contributed by atoms with Crippen LogP contribution in [0.2, 0.25) is 0 Å². The molecule has 1 saturated carbocycles. The van der Waals surface area contributed by atoms with E-state index in [-0.39, 0.29) is 6.10 Å². The topological polar surface area (TPSA) is 46.5 Å². The highest BCUT2D eigenvalue weighted by atomic mass is 16.5. The van der Waals surface area contributed by atoms with Crippen molar-refractivity contribution < 1.29 is 14.6 Å². The smallest absolute Gasteiger partial charge is 0.312 e. The van der Waals surface area contributed by atoms with Crippen LogP contribution < -0.4 is 0 Å². The molecule has 2 unspecified atom stereocenters. The van der Waals surface area contributed by atoms with Gasteiger partial charge in [-0.2, -0.15) is 0 Å². The molecule has 0 aromatic carbocycles. The summed E-state index contributed by atoms with van der Waals surface area (Å²) in [6, 6.07) is 0. The quantitative estimate of drug-likeness (QED) is 0.738. The van der Waals surface area contributed by atoms with E-state index in [9.17, 15) is 9.90 Å². The maximum atomic E-state index is 11.4. The molecule has 0 aromatic heterocycles. The number of carboxylic acids is 1. The molecule has 0 aromatic rings. The van der Waals surface area contributed by atoms with Crippen LogP contribution in [-0.4, -0.2) is 23.8 Å². The molecule has 2 aliphatic rings. The Kier molecular flexibility index (Phi) is 2.52.